The van der Waals surface area contributed by atoms with Crippen LogP contribution in [0.1, 0.15) is 5.56 Å². The molecule has 0 radical (unpaired) electrons. The second-order valence-corrected chi connectivity index (χ2v) is 3.72. The fourth-order valence-corrected chi connectivity index (χ4v) is 1.88. The number of benzene rings is 1. The Morgan fingerprint density at radius 3 is 3.07 bits per heavy atom. The van der Waals surface area contributed by atoms with E-state index < -0.39 is 0 Å². The summed E-state index contributed by atoms with van der Waals surface area (Å²) in [5, 5.41) is 4.65. The first-order valence-corrected chi connectivity index (χ1v) is 4.87. The maximum Gasteiger partial charge on any atom is 0.0531 e. The maximum atomic E-state index is 8.24. The van der Waals surface area contributed by atoms with Crippen LogP contribution in [-0.2, 0) is 6.54 Å². The quantitative estimate of drug-likeness (QED) is 0.480. The predicted octanol–water partition coefficient (Wildman–Crippen LogP) is 3.74. The second-order valence-electron chi connectivity index (χ2n) is 2.86. The highest BCUT2D eigenvalue weighted by Crippen LogP contribution is 2.26. The first-order chi connectivity index (χ1) is 6.83. The van der Waals surface area contributed by atoms with Crippen LogP contribution in [0.15, 0.2) is 34.0 Å². The third-order valence-corrected chi connectivity index (χ3v) is 2.75. The van der Waals surface area contributed by atoms with E-state index in [2.05, 4.69) is 30.9 Å². The van der Waals surface area contributed by atoms with Gasteiger partial charge in [-0.25, -0.2) is 0 Å². The summed E-state index contributed by atoms with van der Waals surface area (Å²) in [4.78, 5) is 5.87. The Morgan fingerprint density at radius 2 is 2.29 bits per heavy atom. The van der Waals surface area contributed by atoms with Crippen molar-refractivity contribution in [1.82, 2.24) is 4.98 Å². The van der Waals surface area contributed by atoms with Gasteiger partial charge in [-0.15, -0.1) is 0 Å². The summed E-state index contributed by atoms with van der Waals surface area (Å²) in [5.74, 6) is 0. The van der Waals surface area contributed by atoms with E-state index in [1.165, 1.54) is 0 Å². The molecular weight excluding hydrogens is 244 g/mol. The Kier molecular flexibility index (Phi) is 2.43. The van der Waals surface area contributed by atoms with Crippen LogP contribution in [0.3, 0.4) is 0 Å². The van der Waals surface area contributed by atoms with Gasteiger partial charge in [-0.2, -0.15) is 0 Å². The largest absolute Gasteiger partial charge is 0.361 e. The van der Waals surface area contributed by atoms with Crippen LogP contribution in [0.4, 0.5) is 0 Å². The minimum atomic E-state index is 0.376. The lowest BCUT2D eigenvalue weighted by atomic mass is 10.1. The molecule has 1 heterocycles. The van der Waals surface area contributed by atoms with Crippen molar-refractivity contribution in [3.8, 4) is 0 Å². The number of nitrogens with zero attached hydrogens (tertiary/aromatic N) is 3. The van der Waals surface area contributed by atoms with Crippen molar-refractivity contribution in [2.24, 2.45) is 5.11 Å². The molecule has 70 valence electrons. The number of aromatic nitrogens is 1. The molecule has 0 saturated heterocycles. The molecule has 1 aromatic carbocycles. The Labute approximate surface area is 88.7 Å². The number of fused-ring (bicyclic) bond motifs is 1. The lowest BCUT2D eigenvalue weighted by Gasteiger charge is -2.00. The van der Waals surface area contributed by atoms with Crippen LogP contribution < -0.4 is 0 Å². The average Bonchev–Trinajstić information content (AvgIpc) is 2.66. The van der Waals surface area contributed by atoms with Crippen molar-refractivity contribution in [2.45, 2.75) is 6.54 Å². The van der Waals surface area contributed by atoms with Crippen LogP contribution in [0.2, 0.25) is 0 Å². The molecule has 0 aliphatic heterocycles. The minimum Gasteiger partial charge on any atom is -0.361 e. The molecule has 0 spiro atoms. The summed E-state index contributed by atoms with van der Waals surface area (Å²) in [5.41, 5.74) is 10.3. The fourth-order valence-electron chi connectivity index (χ4n) is 1.42. The van der Waals surface area contributed by atoms with Crippen molar-refractivity contribution in [3.05, 3.63) is 44.9 Å². The Hall–Kier alpha value is -1.45. The summed E-state index contributed by atoms with van der Waals surface area (Å²) in [7, 11) is 0. The molecule has 0 fully saturated rings. The number of rotatable bonds is 2. The number of hydrogen-bond acceptors (Lipinski definition) is 1. The number of H-pyrrole nitrogens is 1. The van der Waals surface area contributed by atoms with Crippen molar-refractivity contribution in [1.29, 1.82) is 0 Å². The molecule has 0 atom stereocenters. The molecule has 5 heteroatoms. The maximum absolute atomic E-state index is 8.24. The van der Waals surface area contributed by atoms with Gasteiger partial charge < -0.3 is 4.98 Å². The molecule has 14 heavy (non-hydrogen) atoms. The zero-order valence-corrected chi connectivity index (χ0v) is 8.82. The van der Waals surface area contributed by atoms with E-state index in [0.717, 1.165) is 20.9 Å². The van der Waals surface area contributed by atoms with Gasteiger partial charge >= 0.3 is 0 Å². The molecule has 0 aliphatic rings. The highest BCUT2D eigenvalue weighted by Gasteiger charge is 2.03. The third kappa shape index (κ3) is 1.47. The molecule has 0 aliphatic carbocycles. The molecular formula is C9H7BrN4. The highest BCUT2D eigenvalue weighted by molar-refractivity contribution is 9.10. The molecule has 1 N–H and O–H groups in total. The zero-order chi connectivity index (χ0) is 9.97. The number of halogens is 1. The van der Waals surface area contributed by atoms with E-state index >= 15 is 0 Å². The topological polar surface area (TPSA) is 64.6 Å². The summed E-state index contributed by atoms with van der Waals surface area (Å²) in [6.07, 6.45) is 1.87. The average molecular weight is 251 g/mol. The van der Waals surface area contributed by atoms with Gasteiger partial charge in [0.15, 0.2) is 0 Å². The molecule has 2 aromatic rings. The lowest BCUT2D eigenvalue weighted by molar-refractivity contribution is 1.05. The predicted molar refractivity (Wildman–Crippen MR) is 58.8 cm³/mol. The summed E-state index contributed by atoms with van der Waals surface area (Å²) < 4.78 is 1.04. The summed E-state index contributed by atoms with van der Waals surface area (Å²) in [6.45, 7) is 0.376. The van der Waals surface area contributed by atoms with Crippen LogP contribution in [-0.4, -0.2) is 4.98 Å². The Bertz CT molecular complexity index is 511. The molecule has 0 bridgehead atoms. The highest BCUT2D eigenvalue weighted by atomic mass is 79.9. The fraction of sp³-hybridized carbons (Fsp3) is 0.111. The Morgan fingerprint density at radius 1 is 1.43 bits per heavy atom. The lowest BCUT2D eigenvalue weighted by Crippen LogP contribution is -1.83. The number of nitrogens with one attached hydrogen (secondary N) is 1. The summed E-state index contributed by atoms with van der Waals surface area (Å²) in [6, 6.07) is 5.88. The van der Waals surface area contributed by atoms with E-state index in [1.807, 2.05) is 24.4 Å². The van der Waals surface area contributed by atoms with Crippen LogP contribution in [0.25, 0.3) is 21.3 Å². The van der Waals surface area contributed by atoms with Gasteiger partial charge in [0.2, 0.25) is 0 Å². The van der Waals surface area contributed by atoms with Crippen molar-refractivity contribution in [3.63, 3.8) is 0 Å². The SMILES string of the molecule is [N-]=[N+]=NCc1ccc(Br)c2cc[nH]c12. The van der Waals surface area contributed by atoms with Crippen LogP contribution in [0, 0.1) is 0 Å². The zero-order valence-electron chi connectivity index (χ0n) is 7.24. The van der Waals surface area contributed by atoms with Crippen molar-refractivity contribution in [2.75, 3.05) is 0 Å². The van der Waals surface area contributed by atoms with Gasteiger partial charge in [-0.05, 0) is 23.2 Å². The molecule has 4 nitrogen and oxygen atoms in total. The van der Waals surface area contributed by atoms with E-state index in [-0.39, 0.29) is 0 Å². The molecule has 0 unspecified atom stereocenters. The third-order valence-electron chi connectivity index (χ3n) is 2.06. The standard InChI is InChI=1S/C9H7BrN4/c10-8-2-1-6(5-13-14-11)9-7(8)3-4-12-9/h1-4,12H,5H2. The molecule has 0 saturated carbocycles. The van der Waals surface area contributed by atoms with Gasteiger partial charge in [0.25, 0.3) is 0 Å². The number of azide groups is 1. The van der Waals surface area contributed by atoms with Crippen molar-refractivity contribution < 1.29 is 0 Å². The van der Waals surface area contributed by atoms with E-state index in [1.54, 1.807) is 0 Å². The number of hydrogen-bond donors (Lipinski definition) is 1. The van der Waals surface area contributed by atoms with E-state index in [9.17, 15) is 0 Å². The Balaban J connectivity index is 2.60. The van der Waals surface area contributed by atoms with Crippen molar-refractivity contribution >= 4 is 26.8 Å². The molecule has 0 amide bonds. The molecule has 1 aromatic heterocycles. The minimum absolute atomic E-state index is 0.376. The van der Waals surface area contributed by atoms with Gasteiger partial charge in [0.1, 0.15) is 0 Å². The monoisotopic (exact) mass is 250 g/mol. The van der Waals surface area contributed by atoms with Gasteiger partial charge in [-0.3, -0.25) is 0 Å². The second kappa shape index (κ2) is 3.74. The van der Waals surface area contributed by atoms with E-state index in [4.69, 9.17) is 5.53 Å². The van der Waals surface area contributed by atoms with Gasteiger partial charge in [-0.1, -0.05) is 27.1 Å². The normalized spacial score (nSPS) is 10.1. The molecule has 2 rings (SSSR count). The first kappa shape index (κ1) is 9.12. The smallest absolute Gasteiger partial charge is 0.0531 e. The number of aromatic amines is 1. The van der Waals surface area contributed by atoms with E-state index in [0.29, 0.717) is 6.54 Å². The van der Waals surface area contributed by atoms with Gasteiger partial charge in [0.05, 0.1) is 6.54 Å². The summed E-state index contributed by atoms with van der Waals surface area (Å²) >= 11 is 3.45. The van der Waals surface area contributed by atoms with Crippen LogP contribution >= 0.6 is 15.9 Å². The van der Waals surface area contributed by atoms with Gasteiger partial charge in [0, 0.05) is 26.5 Å². The van der Waals surface area contributed by atoms with Crippen LogP contribution in [0.5, 0.6) is 0 Å². The first-order valence-electron chi connectivity index (χ1n) is 4.08.